The molecular formula is C13H13NOS. The van der Waals surface area contributed by atoms with E-state index in [1.165, 1.54) is 16.9 Å². The second kappa shape index (κ2) is 4.18. The molecule has 1 aromatic heterocycles. The summed E-state index contributed by atoms with van der Waals surface area (Å²) in [6.45, 7) is 5.93. The van der Waals surface area contributed by atoms with Gasteiger partial charge in [-0.25, -0.2) is 4.98 Å². The Morgan fingerprint density at radius 1 is 1.19 bits per heavy atom. The summed E-state index contributed by atoms with van der Waals surface area (Å²) in [6, 6.07) is 5.81. The molecule has 0 unspecified atom stereocenters. The van der Waals surface area contributed by atoms with Gasteiger partial charge < -0.3 is 0 Å². The Labute approximate surface area is 99.0 Å². The van der Waals surface area contributed by atoms with Gasteiger partial charge in [0.25, 0.3) is 0 Å². The highest BCUT2D eigenvalue weighted by Gasteiger charge is 2.14. The van der Waals surface area contributed by atoms with Gasteiger partial charge in [-0.05, 0) is 38.0 Å². The first-order valence-electron chi connectivity index (χ1n) is 5.11. The Morgan fingerprint density at radius 3 is 2.50 bits per heavy atom. The molecule has 1 heterocycles. The summed E-state index contributed by atoms with van der Waals surface area (Å²) < 4.78 is 0. The third kappa shape index (κ3) is 1.91. The molecule has 82 valence electrons. The molecule has 0 aliphatic carbocycles. The van der Waals surface area contributed by atoms with Crippen LogP contribution in [0.15, 0.2) is 23.7 Å². The van der Waals surface area contributed by atoms with E-state index in [0.29, 0.717) is 0 Å². The van der Waals surface area contributed by atoms with Crippen LogP contribution in [0.3, 0.4) is 0 Å². The molecule has 16 heavy (non-hydrogen) atoms. The minimum absolute atomic E-state index is 0.0723. The first-order chi connectivity index (χ1) is 7.59. The van der Waals surface area contributed by atoms with Crippen LogP contribution in [0.4, 0.5) is 0 Å². The summed E-state index contributed by atoms with van der Waals surface area (Å²) in [4.78, 5) is 17.0. The van der Waals surface area contributed by atoms with Crippen LogP contribution in [-0.4, -0.2) is 10.8 Å². The Bertz CT molecular complexity index is 543. The highest BCUT2D eigenvalue weighted by molar-refractivity contribution is 7.12. The SMILES string of the molecule is Cc1ccc(C(=O)c2scnc2C)cc1C. The number of ketones is 1. The molecule has 2 rings (SSSR count). The second-order valence-corrected chi connectivity index (χ2v) is 4.75. The zero-order valence-electron chi connectivity index (χ0n) is 9.57. The monoisotopic (exact) mass is 231 g/mol. The van der Waals surface area contributed by atoms with E-state index in [1.54, 1.807) is 5.51 Å². The molecule has 0 amide bonds. The van der Waals surface area contributed by atoms with Crippen LogP contribution in [0.5, 0.6) is 0 Å². The van der Waals surface area contributed by atoms with Crippen LogP contribution in [0.2, 0.25) is 0 Å². The summed E-state index contributed by atoms with van der Waals surface area (Å²) in [6.07, 6.45) is 0. The van der Waals surface area contributed by atoms with Crippen molar-refractivity contribution in [3.05, 3.63) is 51.0 Å². The molecule has 3 heteroatoms. The first-order valence-corrected chi connectivity index (χ1v) is 5.99. The van der Waals surface area contributed by atoms with Crippen molar-refractivity contribution in [1.82, 2.24) is 4.98 Å². The highest BCUT2D eigenvalue weighted by Crippen LogP contribution is 2.19. The highest BCUT2D eigenvalue weighted by atomic mass is 32.1. The van der Waals surface area contributed by atoms with Crippen molar-refractivity contribution in [3.63, 3.8) is 0 Å². The Balaban J connectivity index is 2.42. The van der Waals surface area contributed by atoms with Gasteiger partial charge in [0, 0.05) is 5.56 Å². The number of carbonyl (C=O) groups is 1. The summed E-state index contributed by atoms with van der Waals surface area (Å²) >= 11 is 1.40. The van der Waals surface area contributed by atoms with Gasteiger partial charge in [0.2, 0.25) is 5.78 Å². The average Bonchev–Trinajstić information content (AvgIpc) is 2.67. The Morgan fingerprint density at radius 2 is 1.94 bits per heavy atom. The normalized spacial score (nSPS) is 10.4. The number of nitrogens with zero attached hydrogens (tertiary/aromatic N) is 1. The predicted molar refractivity (Wildman–Crippen MR) is 66.2 cm³/mol. The lowest BCUT2D eigenvalue weighted by atomic mass is 10.0. The summed E-state index contributed by atoms with van der Waals surface area (Å²) in [5.74, 6) is 0.0723. The Hall–Kier alpha value is -1.48. The van der Waals surface area contributed by atoms with Crippen molar-refractivity contribution in [2.45, 2.75) is 20.8 Å². The van der Waals surface area contributed by atoms with Crippen molar-refractivity contribution >= 4 is 17.1 Å². The fraction of sp³-hybridized carbons (Fsp3) is 0.231. The molecule has 0 aliphatic heterocycles. The third-order valence-corrected chi connectivity index (χ3v) is 3.65. The van der Waals surface area contributed by atoms with Crippen molar-refractivity contribution in [3.8, 4) is 0 Å². The smallest absolute Gasteiger partial charge is 0.204 e. The number of carbonyl (C=O) groups excluding carboxylic acids is 1. The van der Waals surface area contributed by atoms with Gasteiger partial charge in [0.1, 0.15) is 0 Å². The lowest BCUT2D eigenvalue weighted by Crippen LogP contribution is -2.01. The minimum atomic E-state index is 0.0723. The summed E-state index contributed by atoms with van der Waals surface area (Å²) in [5, 5.41) is 0. The topological polar surface area (TPSA) is 30.0 Å². The van der Waals surface area contributed by atoms with Crippen LogP contribution in [-0.2, 0) is 0 Å². The molecule has 0 bridgehead atoms. The molecule has 0 saturated carbocycles. The molecule has 0 radical (unpaired) electrons. The molecule has 2 nitrogen and oxygen atoms in total. The van der Waals surface area contributed by atoms with Crippen LogP contribution < -0.4 is 0 Å². The summed E-state index contributed by atoms with van der Waals surface area (Å²) in [5.41, 5.74) is 5.62. The van der Waals surface area contributed by atoms with Crippen LogP contribution in [0, 0.1) is 20.8 Å². The van der Waals surface area contributed by atoms with E-state index in [0.717, 1.165) is 21.7 Å². The lowest BCUT2D eigenvalue weighted by Gasteiger charge is -2.03. The van der Waals surface area contributed by atoms with E-state index in [2.05, 4.69) is 4.98 Å². The fourth-order valence-electron chi connectivity index (χ4n) is 1.53. The number of rotatable bonds is 2. The van der Waals surface area contributed by atoms with Gasteiger partial charge in [0.05, 0.1) is 16.1 Å². The largest absolute Gasteiger partial charge is 0.288 e. The van der Waals surface area contributed by atoms with E-state index >= 15 is 0 Å². The van der Waals surface area contributed by atoms with Crippen molar-refractivity contribution in [1.29, 1.82) is 0 Å². The quantitative estimate of drug-likeness (QED) is 0.742. The van der Waals surface area contributed by atoms with Gasteiger partial charge >= 0.3 is 0 Å². The number of aryl methyl sites for hydroxylation is 3. The second-order valence-electron chi connectivity index (χ2n) is 3.90. The molecule has 0 saturated heterocycles. The van der Waals surface area contributed by atoms with Gasteiger partial charge in [0.15, 0.2) is 0 Å². The van der Waals surface area contributed by atoms with Crippen LogP contribution in [0.1, 0.15) is 32.1 Å². The van der Waals surface area contributed by atoms with Crippen molar-refractivity contribution in [2.75, 3.05) is 0 Å². The number of benzene rings is 1. The molecule has 1 aromatic carbocycles. The minimum Gasteiger partial charge on any atom is -0.288 e. The average molecular weight is 231 g/mol. The third-order valence-electron chi connectivity index (χ3n) is 2.72. The zero-order chi connectivity index (χ0) is 11.7. The Kier molecular flexibility index (Phi) is 2.88. The van der Waals surface area contributed by atoms with Crippen LogP contribution >= 0.6 is 11.3 Å². The van der Waals surface area contributed by atoms with E-state index in [9.17, 15) is 4.79 Å². The van der Waals surface area contributed by atoms with Gasteiger partial charge in [-0.3, -0.25) is 4.79 Å². The van der Waals surface area contributed by atoms with Gasteiger partial charge in [-0.2, -0.15) is 0 Å². The van der Waals surface area contributed by atoms with Crippen molar-refractivity contribution < 1.29 is 4.79 Å². The number of hydrogen-bond donors (Lipinski definition) is 0. The van der Waals surface area contributed by atoms with Crippen molar-refractivity contribution in [2.24, 2.45) is 0 Å². The maximum Gasteiger partial charge on any atom is 0.204 e. The fourth-order valence-corrected chi connectivity index (χ4v) is 2.30. The predicted octanol–water partition coefficient (Wildman–Crippen LogP) is 3.30. The van der Waals surface area contributed by atoms with Gasteiger partial charge in [-0.15, -0.1) is 11.3 Å². The molecule has 0 fully saturated rings. The van der Waals surface area contributed by atoms with Gasteiger partial charge in [-0.1, -0.05) is 12.1 Å². The number of aromatic nitrogens is 1. The molecule has 2 aromatic rings. The molecule has 0 atom stereocenters. The zero-order valence-corrected chi connectivity index (χ0v) is 10.4. The summed E-state index contributed by atoms with van der Waals surface area (Å²) in [7, 11) is 0. The maximum absolute atomic E-state index is 12.2. The molecule has 0 aliphatic rings. The van der Waals surface area contributed by atoms with E-state index in [-0.39, 0.29) is 5.78 Å². The molecule has 0 N–H and O–H groups in total. The van der Waals surface area contributed by atoms with E-state index in [1.807, 2.05) is 39.0 Å². The molecule has 0 spiro atoms. The molecular weight excluding hydrogens is 218 g/mol. The van der Waals surface area contributed by atoms with Crippen LogP contribution in [0.25, 0.3) is 0 Å². The maximum atomic E-state index is 12.2. The van der Waals surface area contributed by atoms with E-state index in [4.69, 9.17) is 0 Å². The number of thiazole rings is 1. The standard InChI is InChI=1S/C13H13NOS/c1-8-4-5-11(6-9(8)2)12(15)13-10(3)14-7-16-13/h4-7H,1-3H3. The van der Waals surface area contributed by atoms with E-state index < -0.39 is 0 Å². The lowest BCUT2D eigenvalue weighted by molar-refractivity contribution is 0.104. The first kappa shape index (κ1) is 11.0. The number of hydrogen-bond acceptors (Lipinski definition) is 3.